The SMILES string of the molecule is CC(C)n1ncc2c1NC(=O)CC2c1cccc2nccnc12. The minimum absolute atomic E-state index is 0.00536. The summed E-state index contributed by atoms with van der Waals surface area (Å²) in [7, 11) is 0. The van der Waals surface area contributed by atoms with Crippen molar-refractivity contribution < 1.29 is 4.79 Å². The first-order chi connectivity index (χ1) is 11.1. The molecule has 116 valence electrons. The third-order valence-electron chi connectivity index (χ3n) is 4.24. The number of aromatic nitrogens is 4. The minimum Gasteiger partial charge on any atom is -0.311 e. The van der Waals surface area contributed by atoms with Crippen molar-refractivity contribution in [3.8, 4) is 0 Å². The number of nitrogens with one attached hydrogen (secondary N) is 1. The van der Waals surface area contributed by atoms with Crippen LogP contribution in [0.25, 0.3) is 11.0 Å². The highest BCUT2D eigenvalue weighted by Gasteiger charge is 2.31. The first-order valence-corrected chi connectivity index (χ1v) is 7.72. The Morgan fingerprint density at radius 2 is 2.04 bits per heavy atom. The van der Waals surface area contributed by atoms with Crippen LogP contribution < -0.4 is 5.32 Å². The Kier molecular flexibility index (Phi) is 3.11. The smallest absolute Gasteiger partial charge is 0.226 e. The molecular weight excluding hydrogens is 290 g/mol. The van der Waals surface area contributed by atoms with Crippen molar-refractivity contribution in [2.45, 2.75) is 32.2 Å². The van der Waals surface area contributed by atoms with E-state index in [-0.39, 0.29) is 17.9 Å². The molecule has 2 aromatic heterocycles. The topological polar surface area (TPSA) is 72.7 Å². The lowest BCUT2D eigenvalue weighted by molar-refractivity contribution is -0.116. The fourth-order valence-electron chi connectivity index (χ4n) is 3.20. The van der Waals surface area contributed by atoms with Gasteiger partial charge in [0.1, 0.15) is 5.82 Å². The molecule has 1 unspecified atom stereocenters. The maximum Gasteiger partial charge on any atom is 0.226 e. The molecule has 4 rings (SSSR count). The average molecular weight is 307 g/mol. The first kappa shape index (κ1) is 13.9. The first-order valence-electron chi connectivity index (χ1n) is 7.72. The van der Waals surface area contributed by atoms with Crippen molar-refractivity contribution in [1.82, 2.24) is 19.7 Å². The monoisotopic (exact) mass is 307 g/mol. The van der Waals surface area contributed by atoms with Gasteiger partial charge in [0.25, 0.3) is 0 Å². The van der Waals surface area contributed by atoms with Gasteiger partial charge in [-0.2, -0.15) is 5.10 Å². The van der Waals surface area contributed by atoms with Crippen LogP contribution in [0.3, 0.4) is 0 Å². The lowest BCUT2D eigenvalue weighted by Gasteiger charge is -2.25. The number of fused-ring (bicyclic) bond motifs is 2. The molecule has 0 radical (unpaired) electrons. The molecule has 0 aliphatic carbocycles. The molecule has 1 N–H and O–H groups in total. The predicted molar refractivity (Wildman–Crippen MR) is 87.2 cm³/mol. The van der Waals surface area contributed by atoms with Gasteiger partial charge in [-0.1, -0.05) is 12.1 Å². The van der Waals surface area contributed by atoms with Gasteiger partial charge in [0, 0.05) is 36.3 Å². The number of hydrogen-bond donors (Lipinski definition) is 1. The van der Waals surface area contributed by atoms with Gasteiger partial charge in [-0.3, -0.25) is 14.8 Å². The van der Waals surface area contributed by atoms with Gasteiger partial charge in [-0.05, 0) is 25.5 Å². The van der Waals surface area contributed by atoms with Crippen LogP contribution in [0, 0.1) is 0 Å². The molecule has 0 fully saturated rings. The van der Waals surface area contributed by atoms with Crippen molar-refractivity contribution in [2.24, 2.45) is 0 Å². The van der Waals surface area contributed by atoms with Crippen molar-refractivity contribution in [1.29, 1.82) is 0 Å². The minimum atomic E-state index is -0.0494. The molecule has 1 amide bonds. The number of para-hydroxylation sites is 1. The van der Waals surface area contributed by atoms with Gasteiger partial charge in [0.05, 0.1) is 17.2 Å². The number of rotatable bonds is 2. The van der Waals surface area contributed by atoms with E-state index in [0.29, 0.717) is 6.42 Å². The molecule has 23 heavy (non-hydrogen) atoms. The van der Waals surface area contributed by atoms with E-state index >= 15 is 0 Å². The summed E-state index contributed by atoms with van der Waals surface area (Å²) in [6.45, 7) is 4.10. The Hall–Kier alpha value is -2.76. The van der Waals surface area contributed by atoms with Crippen molar-refractivity contribution in [3.05, 3.63) is 47.9 Å². The molecule has 6 heteroatoms. The molecule has 0 saturated heterocycles. The predicted octanol–water partition coefficient (Wildman–Crippen LogP) is 2.88. The molecule has 1 aliphatic heterocycles. The summed E-state index contributed by atoms with van der Waals surface area (Å²) >= 11 is 0. The van der Waals surface area contributed by atoms with Crippen LogP contribution in [-0.2, 0) is 4.79 Å². The highest BCUT2D eigenvalue weighted by molar-refractivity contribution is 5.95. The molecular formula is C17H17N5O. The maximum atomic E-state index is 12.2. The highest BCUT2D eigenvalue weighted by Crippen LogP contribution is 2.39. The number of amides is 1. The molecule has 3 heterocycles. The number of benzene rings is 1. The summed E-state index contributed by atoms with van der Waals surface area (Å²) in [4.78, 5) is 21.1. The molecule has 1 atom stereocenters. The van der Waals surface area contributed by atoms with Gasteiger partial charge in [0.2, 0.25) is 5.91 Å². The van der Waals surface area contributed by atoms with Gasteiger partial charge >= 0.3 is 0 Å². The van der Waals surface area contributed by atoms with Crippen molar-refractivity contribution in [2.75, 3.05) is 5.32 Å². The van der Waals surface area contributed by atoms with E-state index in [1.807, 2.05) is 42.9 Å². The zero-order valence-corrected chi connectivity index (χ0v) is 13.0. The van der Waals surface area contributed by atoms with Gasteiger partial charge in [0.15, 0.2) is 0 Å². The maximum absolute atomic E-state index is 12.2. The van der Waals surface area contributed by atoms with E-state index in [4.69, 9.17) is 0 Å². The Morgan fingerprint density at radius 1 is 1.22 bits per heavy atom. The number of carbonyl (C=O) groups excluding carboxylic acids is 1. The van der Waals surface area contributed by atoms with Gasteiger partial charge < -0.3 is 5.32 Å². The lowest BCUT2D eigenvalue weighted by Crippen LogP contribution is -2.25. The second-order valence-electron chi connectivity index (χ2n) is 6.06. The average Bonchev–Trinajstić information content (AvgIpc) is 2.97. The Labute approximate surface area is 133 Å². The molecule has 3 aromatic rings. The standard InChI is InChI=1S/C17H17N5O/c1-10(2)22-17-13(9-20-22)12(8-15(23)21-17)11-4-3-5-14-16(11)19-7-6-18-14/h3-7,9-10,12H,8H2,1-2H3,(H,21,23). The summed E-state index contributed by atoms with van der Waals surface area (Å²) in [5, 5.41) is 7.42. The highest BCUT2D eigenvalue weighted by atomic mass is 16.1. The number of nitrogens with zero attached hydrogens (tertiary/aromatic N) is 4. The summed E-state index contributed by atoms with van der Waals surface area (Å²) < 4.78 is 1.86. The van der Waals surface area contributed by atoms with Gasteiger partial charge in [-0.15, -0.1) is 0 Å². The number of carbonyl (C=O) groups is 1. The van der Waals surface area contributed by atoms with E-state index < -0.39 is 0 Å². The molecule has 1 aliphatic rings. The zero-order chi connectivity index (χ0) is 16.0. The third kappa shape index (κ3) is 2.18. The van der Waals surface area contributed by atoms with Crippen molar-refractivity contribution in [3.63, 3.8) is 0 Å². The van der Waals surface area contributed by atoms with Crippen LogP contribution >= 0.6 is 0 Å². The van der Waals surface area contributed by atoms with Crippen LogP contribution in [0.5, 0.6) is 0 Å². The second-order valence-corrected chi connectivity index (χ2v) is 6.06. The quantitative estimate of drug-likeness (QED) is 0.790. The normalized spacial score (nSPS) is 17.3. The van der Waals surface area contributed by atoms with Crippen molar-refractivity contribution >= 4 is 22.8 Å². The van der Waals surface area contributed by atoms with E-state index in [1.54, 1.807) is 12.4 Å². The van der Waals surface area contributed by atoms with Gasteiger partial charge in [-0.25, -0.2) is 4.68 Å². The fourth-order valence-corrected chi connectivity index (χ4v) is 3.20. The van der Waals surface area contributed by atoms with Crippen LogP contribution in [0.4, 0.5) is 5.82 Å². The van der Waals surface area contributed by atoms with Crippen LogP contribution in [0.15, 0.2) is 36.8 Å². The largest absolute Gasteiger partial charge is 0.311 e. The molecule has 0 bridgehead atoms. The third-order valence-corrected chi connectivity index (χ3v) is 4.24. The molecule has 6 nitrogen and oxygen atoms in total. The number of hydrogen-bond acceptors (Lipinski definition) is 4. The summed E-state index contributed by atoms with van der Waals surface area (Å²) in [5.41, 5.74) is 3.75. The summed E-state index contributed by atoms with van der Waals surface area (Å²) in [6.07, 6.45) is 5.62. The Bertz CT molecular complexity index is 894. The van der Waals surface area contributed by atoms with E-state index in [9.17, 15) is 4.79 Å². The molecule has 1 aromatic carbocycles. The Balaban J connectivity index is 1.91. The Morgan fingerprint density at radius 3 is 2.87 bits per heavy atom. The van der Waals surface area contributed by atoms with E-state index in [2.05, 4.69) is 20.4 Å². The molecule has 0 saturated carbocycles. The fraction of sp³-hybridized carbons (Fsp3) is 0.294. The summed E-state index contributed by atoms with van der Waals surface area (Å²) in [6, 6.07) is 6.11. The second kappa shape index (κ2) is 5.15. The zero-order valence-electron chi connectivity index (χ0n) is 13.0. The number of anilines is 1. The van der Waals surface area contributed by atoms with Crippen LogP contribution in [-0.4, -0.2) is 25.7 Å². The van der Waals surface area contributed by atoms with E-state index in [1.165, 1.54) is 0 Å². The lowest BCUT2D eigenvalue weighted by atomic mass is 9.86. The van der Waals surface area contributed by atoms with E-state index in [0.717, 1.165) is 28.0 Å². The molecule has 0 spiro atoms. The summed E-state index contributed by atoms with van der Waals surface area (Å²) in [5.74, 6) is 0.750. The van der Waals surface area contributed by atoms with Crippen LogP contribution in [0.2, 0.25) is 0 Å². The van der Waals surface area contributed by atoms with Crippen LogP contribution in [0.1, 0.15) is 43.4 Å².